The van der Waals surface area contributed by atoms with E-state index < -0.39 is 11.7 Å². The van der Waals surface area contributed by atoms with Crippen LogP contribution in [0.25, 0.3) is 0 Å². The van der Waals surface area contributed by atoms with Crippen molar-refractivity contribution >= 4 is 11.7 Å². The first-order valence-electron chi connectivity index (χ1n) is 9.48. The lowest BCUT2D eigenvalue weighted by molar-refractivity contribution is -0.137. The number of alkyl halides is 3. The molecule has 2 aromatic rings. The average molecular weight is 407 g/mol. The molecule has 2 heterocycles. The summed E-state index contributed by atoms with van der Waals surface area (Å²) in [6.45, 7) is 3.34. The van der Waals surface area contributed by atoms with E-state index >= 15 is 0 Å². The van der Waals surface area contributed by atoms with Gasteiger partial charge < -0.3 is 10.2 Å². The quantitative estimate of drug-likeness (QED) is 0.735. The Hall–Kier alpha value is -2.61. The van der Waals surface area contributed by atoms with Gasteiger partial charge in [0.25, 0.3) is 0 Å². The van der Waals surface area contributed by atoms with Gasteiger partial charge in [-0.25, -0.2) is 9.18 Å². The van der Waals surface area contributed by atoms with Crippen molar-refractivity contribution in [2.75, 3.05) is 18.4 Å². The third kappa shape index (κ3) is 3.94. The number of hydrogen-bond donors (Lipinski definition) is 1. The number of rotatable bonds is 3. The summed E-state index contributed by atoms with van der Waals surface area (Å²) in [6.07, 6.45) is -3.55. The molecule has 2 saturated heterocycles. The van der Waals surface area contributed by atoms with Crippen LogP contribution in [0.2, 0.25) is 0 Å². The normalized spacial score (nSPS) is 22.7. The Balaban J connectivity index is 1.37. The standard InChI is InChI=1S/C21H21F4N3O/c1-13(14-2-6-16(22)7-3-14)27-11-19-10-18(27)12-28(19)20(29)26-17-8-4-15(5-9-17)21(23,24)25/h2-9,13,18-19H,10-12H2,1H3,(H,26,29). The number of halogens is 4. The number of urea groups is 1. The number of amides is 2. The number of carbonyl (C=O) groups is 1. The molecule has 0 saturated carbocycles. The van der Waals surface area contributed by atoms with Gasteiger partial charge in [-0.15, -0.1) is 0 Å². The number of piperazine rings is 1. The Labute approximate surface area is 166 Å². The molecule has 0 radical (unpaired) electrons. The second-order valence-electron chi connectivity index (χ2n) is 7.63. The van der Waals surface area contributed by atoms with Crippen LogP contribution in [0.15, 0.2) is 48.5 Å². The second kappa shape index (κ2) is 7.33. The Morgan fingerprint density at radius 3 is 2.24 bits per heavy atom. The zero-order valence-electron chi connectivity index (χ0n) is 15.8. The molecule has 8 heteroatoms. The lowest BCUT2D eigenvalue weighted by Gasteiger charge is -2.37. The Morgan fingerprint density at radius 1 is 1.03 bits per heavy atom. The lowest BCUT2D eigenvalue weighted by Crippen LogP contribution is -2.50. The van der Waals surface area contributed by atoms with Gasteiger partial charge in [0, 0.05) is 36.9 Å². The fourth-order valence-electron chi connectivity index (χ4n) is 4.29. The zero-order chi connectivity index (χ0) is 20.8. The average Bonchev–Trinajstić information content (AvgIpc) is 3.29. The molecule has 4 nitrogen and oxygen atoms in total. The molecule has 2 amide bonds. The predicted octanol–water partition coefficient (Wildman–Crippen LogP) is 4.90. The highest BCUT2D eigenvalue weighted by atomic mass is 19.4. The van der Waals surface area contributed by atoms with E-state index in [4.69, 9.17) is 0 Å². The summed E-state index contributed by atoms with van der Waals surface area (Å²) in [7, 11) is 0. The van der Waals surface area contributed by atoms with Crippen LogP contribution in [0.1, 0.15) is 30.5 Å². The maximum atomic E-state index is 13.2. The van der Waals surface area contributed by atoms with Gasteiger partial charge in [0.15, 0.2) is 0 Å². The van der Waals surface area contributed by atoms with Gasteiger partial charge in [0.05, 0.1) is 5.56 Å². The minimum Gasteiger partial charge on any atom is -0.319 e. The third-order valence-electron chi connectivity index (χ3n) is 5.86. The van der Waals surface area contributed by atoms with Crippen molar-refractivity contribution in [3.05, 3.63) is 65.5 Å². The molecule has 2 aliphatic heterocycles. The number of carbonyl (C=O) groups excluding carboxylic acids is 1. The number of fused-ring (bicyclic) bond motifs is 2. The van der Waals surface area contributed by atoms with E-state index in [2.05, 4.69) is 17.1 Å². The van der Waals surface area contributed by atoms with E-state index in [1.165, 1.54) is 24.3 Å². The molecule has 0 aliphatic carbocycles. The summed E-state index contributed by atoms with van der Waals surface area (Å²) in [5.41, 5.74) is 0.614. The van der Waals surface area contributed by atoms with Crippen LogP contribution in [-0.2, 0) is 6.18 Å². The van der Waals surface area contributed by atoms with Crippen molar-refractivity contribution < 1.29 is 22.4 Å². The third-order valence-corrected chi connectivity index (χ3v) is 5.86. The molecule has 2 aromatic carbocycles. The highest BCUT2D eigenvalue weighted by molar-refractivity contribution is 5.90. The van der Waals surface area contributed by atoms with E-state index in [1.807, 2.05) is 0 Å². The number of anilines is 1. The molecule has 1 N–H and O–H groups in total. The SMILES string of the molecule is CC(c1ccc(F)cc1)N1CC2CC1CN2C(=O)Nc1ccc(C(F)(F)F)cc1. The predicted molar refractivity (Wildman–Crippen MR) is 101 cm³/mol. The van der Waals surface area contributed by atoms with Crippen LogP contribution in [0, 0.1) is 5.82 Å². The highest BCUT2D eigenvalue weighted by Crippen LogP contribution is 2.37. The zero-order valence-corrected chi connectivity index (χ0v) is 15.8. The largest absolute Gasteiger partial charge is 0.416 e. The maximum Gasteiger partial charge on any atom is 0.416 e. The molecule has 4 rings (SSSR count). The first-order chi connectivity index (χ1) is 13.7. The molecular weight excluding hydrogens is 386 g/mol. The van der Waals surface area contributed by atoms with Crippen molar-refractivity contribution in [1.82, 2.24) is 9.80 Å². The van der Waals surface area contributed by atoms with Crippen LogP contribution in [0.5, 0.6) is 0 Å². The smallest absolute Gasteiger partial charge is 0.319 e. The fraction of sp³-hybridized carbons (Fsp3) is 0.381. The molecule has 0 aromatic heterocycles. The van der Waals surface area contributed by atoms with Crippen molar-refractivity contribution in [3.63, 3.8) is 0 Å². The fourth-order valence-corrected chi connectivity index (χ4v) is 4.29. The second-order valence-corrected chi connectivity index (χ2v) is 7.63. The van der Waals surface area contributed by atoms with E-state index in [0.717, 1.165) is 24.1 Å². The summed E-state index contributed by atoms with van der Waals surface area (Å²) in [5, 5.41) is 2.69. The summed E-state index contributed by atoms with van der Waals surface area (Å²) >= 11 is 0. The summed E-state index contributed by atoms with van der Waals surface area (Å²) in [6, 6.07) is 11.0. The number of nitrogens with zero attached hydrogens (tertiary/aromatic N) is 2. The van der Waals surface area contributed by atoms with Crippen LogP contribution < -0.4 is 5.32 Å². The van der Waals surface area contributed by atoms with Gasteiger partial charge in [-0.2, -0.15) is 13.2 Å². The molecule has 29 heavy (non-hydrogen) atoms. The topological polar surface area (TPSA) is 35.6 Å². The monoisotopic (exact) mass is 407 g/mol. The van der Waals surface area contributed by atoms with Crippen molar-refractivity contribution in [3.8, 4) is 0 Å². The molecular formula is C21H21F4N3O. The molecule has 154 valence electrons. The van der Waals surface area contributed by atoms with Gasteiger partial charge >= 0.3 is 12.2 Å². The van der Waals surface area contributed by atoms with E-state index in [-0.39, 0.29) is 30.0 Å². The molecule has 2 fully saturated rings. The molecule has 3 unspecified atom stereocenters. The maximum absolute atomic E-state index is 13.2. The van der Waals surface area contributed by atoms with Gasteiger partial charge in [-0.05, 0) is 55.3 Å². The number of likely N-dealkylation sites (tertiary alicyclic amines) is 2. The number of benzene rings is 2. The minimum absolute atomic E-state index is 0.0531. The summed E-state index contributed by atoms with van der Waals surface area (Å²) in [4.78, 5) is 16.7. The summed E-state index contributed by atoms with van der Waals surface area (Å²) < 4.78 is 51.1. The first kappa shape index (κ1) is 19.7. The first-order valence-corrected chi connectivity index (χ1v) is 9.48. The minimum atomic E-state index is -4.40. The van der Waals surface area contributed by atoms with Crippen molar-refractivity contribution in [2.45, 2.75) is 37.6 Å². The van der Waals surface area contributed by atoms with Crippen molar-refractivity contribution in [2.24, 2.45) is 0 Å². The lowest BCUT2D eigenvalue weighted by atomic mass is 10.1. The molecule has 3 atom stereocenters. The Bertz CT molecular complexity index is 882. The molecule has 0 spiro atoms. The van der Waals surface area contributed by atoms with Crippen LogP contribution >= 0.6 is 0 Å². The Morgan fingerprint density at radius 2 is 1.69 bits per heavy atom. The van der Waals surface area contributed by atoms with Crippen molar-refractivity contribution in [1.29, 1.82) is 0 Å². The van der Waals surface area contributed by atoms with Crippen LogP contribution in [0.3, 0.4) is 0 Å². The Kier molecular flexibility index (Phi) is 4.98. The van der Waals surface area contributed by atoms with E-state index in [1.54, 1.807) is 17.0 Å². The van der Waals surface area contributed by atoms with Crippen LogP contribution in [-0.4, -0.2) is 41.0 Å². The van der Waals surface area contributed by atoms with E-state index in [0.29, 0.717) is 18.8 Å². The van der Waals surface area contributed by atoms with Gasteiger partial charge in [-0.3, -0.25) is 4.90 Å². The van der Waals surface area contributed by atoms with Crippen LogP contribution in [0.4, 0.5) is 28.0 Å². The van der Waals surface area contributed by atoms with E-state index in [9.17, 15) is 22.4 Å². The number of nitrogens with one attached hydrogen (secondary N) is 1. The summed E-state index contributed by atoms with van der Waals surface area (Å²) in [5.74, 6) is -0.269. The van der Waals surface area contributed by atoms with Gasteiger partial charge in [0.2, 0.25) is 0 Å². The van der Waals surface area contributed by atoms with Gasteiger partial charge in [-0.1, -0.05) is 12.1 Å². The van der Waals surface area contributed by atoms with Gasteiger partial charge in [0.1, 0.15) is 5.82 Å². The highest BCUT2D eigenvalue weighted by Gasteiger charge is 2.46. The molecule has 2 bridgehead atoms. The number of hydrogen-bond acceptors (Lipinski definition) is 2. The molecule has 2 aliphatic rings.